The maximum Gasteiger partial charge on any atom is 0.122 e. The second-order valence-electron chi connectivity index (χ2n) is 6.28. The lowest BCUT2D eigenvalue weighted by Crippen LogP contribution is -2.28. The first-order valence-corrected chi connectivity index (χ1v) is 7.29. The van der Waals surface area contributed by atoms with Gasteiger partial charge in [0.15, 0.2) is 0 Å². The van der Waals surface area contributed by atoms with Crippen LogP contribution in [0.5, 0.6) is 0 Å². The molecule has 2 saturated carbocycles. The van der Waals surface area contributed by atoms with E-state index in [-0.39, 0.29) is 5.84 Å². The lowest BCUT2D eigenvalue weighted by molar-refractivity contribution is 0.337. The van der Waals surface area contributed by atoms with Gasteiger partial charge >= 0.3 is 0 Å². The molecule has 1 aromatic carbocycles. The number of benzene rings is 1. The van der Waals surface area contributed by atoms with E-state index in [9.17, 15) is 0 Å². The van der Waals surface area contributed by atoms with Crippen molar-refractivity contribution in [1.82, 2.24) is 0 Å². The van der Waals surface area contributed by atoms with E-state index in [0.717, 1.165) is 23.3 Å². The Kier molecular flexibility index (Phi) is 3.21. The van der Waals surface area contributed by atoms with E-state index in [2.05, 4.69) is 24.1 Å². The molecule has 2 fully saturated rings. The molecule has 0 radical (unpaired) electrons. The molecule has 3 heteroatoms. The van der Waals surface area contributed by atoms with Crippen molar-refractivity contribution in [2.75, 3.05) is 18.5 Å². The number of amidine groups is 1. The zero-order chi connectivity index (χ0) is 13.4. The minimum absolute atomic E-state index is 0.141. The molecule has 3 N–H and O–H groups in total. The van der Waals surface area contributed by atoms with Crippen LogP contribution in [0.1, 0.15) is 31.2 Å². The van der Waals surface area contributed by atoms with Crippen molar-refractivity contribution < 1.29 is 0 Å². The van der Waals surface area contributed by atoms with Gasteiger partial charge in [0, 0.05) is 24.8 Å². The zero-order valence-corrected chi connectivity index (χ0v) is 11.6. The van der Waals surface area contributed by atoms with Crippen molar-refractivity contribution in [2.45, 2.75) is 25.7 Å². The number of hydrogen-bond acceptors (Lipinski definition) is 2. The van der Waals surface area contributed by atoms with Crippen LogP contribution in [0.25, 0.3) is 0 Å². The van der Waals surface area contributed by atoms with Gasteiger partial charge in [-0.15, -0.1) is 0 Å². The summed E-state index contributed by atoms with van der Waals surface area (Å²) in [5, 5.41) is 7.41. The highest BCUT2D eigenvalue weighted by atomic mass is 15.1. The number of nitrogens with one attached hydrogen (secondary N) is 1. The second-order valence-corrected chi connectivity index (χ2v) is 6.28. The van der Waals surface area contributed by atoms with Crippen LogP contribution in [0.3, 0.4) is 0 Å². The van der Waals surface area contributed by atoms with Crippen LogP contribution in [0.15, 0.2) is 24.3 Å². The summed E-state index contributed by atoms with van der Waals surface area (Å²) < 4.78 is 0. The normalized spacial score (nSPS) is 28.6. The Morgan fingerprint density at radius 3 is 2.53 bits per heavy atom. The Balaban J connectivity index is 1.63. The fourth-order valence-electron chi connectivity index (χ4n) is 3.95. The second kappa shape index (κ2) is 4.87. The van der Waals surface area contributed by atoms with E-state index in [1.54, 1.807) is 0 Å². The molecule has 102 valence electrons. The molecule has 0 aromatic heterocycles. The van der Waals surface area contributed by atoms with Crippen molar-refractivity contribution in [3.8, 4) is 0 Å². The summed E-state index contributed by atoms with van der Waals surface area (Å²) in [5.74, 6) is 3.02. The highest BCUT2D eigenvalue weighted by Gasteiger charge is 2.39. The predicted octanol–water partition coefficient (Wildman–Crippen LogP) is 2.84. The average molecular weight is 257 g/mol. The van der Waals surface area contributed by atoms with Gasteiger partial charge in [-0.25, -0.2) is 0 Å². The lowest BCUT2D eigenvalue weighted by Gasteiger charge is -2.28. The van der Waals surface area contributed by atoms with Crippen molar-refractivity contribution >= 4 is 11.5 Å². The predicted molar refractivity (Wildman–Crippen MR) is 79.7 cm³/mol. The summed E-state index contributed by atoms with van der Waals surface area (Å²) in [5.41, 5.74) is 7.52. The Morgan fingerprint density at radius 2 is 2.00 bits per heavy atom. The summed E-state index contributed by atoms with van der Waals surface area (Å²) in [6.07, 6.45) is 5.83. The molecule has 2 aliphatic rings. The van der Waals surface area contributed by atoms with Crippen LogP contribution >= 0.6 is 0 Å². The molecular formula is C16H23N3. The van der Waals surface area contributed by atoms with Crippen LogP contribution in [-0.4, -0.2) is 19.4 Å². The zero-order valence-electron chi connectivity index (χ0n) is 11.6. The van der Waals surface area contributed by atoms with Crippen LogP contribution in [0.4, 0.5) is 5.69 Å². The molecule has 2 aliphatic carbocycles. The summed E-state index contributed by atoms with van der Waals surface area (Å²) in [6.45, 7) is 1.17. The first-order valence-electron chi connectivity index (χ1n) is 7.29. The molecule has 3 rings (SSSR count). The number of rotatable bonds is 4. The van der Waals surface area contributed by atoms with Crippen molar-refractivity contribution in [2.24, 2.45) is 23.5 Å². The highest BCUT2D eigenvalue weighted by Crippen LogP contribution is 2.48. The van der Waals surface area contributed by atoms with Gasteiger partial charge in [0.05, 0.1) is 0 Å². The van der Waals surface area contributed by atoms with Crippen LogP contribution in [0, 0.1) is 23.2 Å². The van der Waals surface area contributed by atoms with E-state index in [0.29, 0.717) is 0 Å². The third-order valence-electron chi connectivity index (χ3n) is 5.01. The Bertz CT molecular complexity index is 465. The lowest BCUT2D eigenvalue weighted by atomic mass is 9.88. The van der Waals surface area contributed by atoms with Crippen molar-refractivity contribution in [3.05, 3.63) is 29.8 Å². The number of fused-ring (bicyclic) bond motifs is 2. The molecule has 0 amide bonds. The first-order chi connectivity index (χ1) is 9.13. The Morgan fingerprint density at radius 1 is 1.26 bits per heavy atom. The molecule has 1 aromatic rings. The fourth-order valence-corrected chi connectivity index (χ4v) is 3.95. The Hall–Kier alpha value is -1.51. The number of nitrogens with two attached hydrogens (primary N) is 1. The smallest absolute Gasteiger partial charge is 0.122 e. The van der Waals surface area contributed by atoms with Gasteiger partial charge in [0.2, 0.25) is 0 Å². The summed E-state index contributed by atoms with van der Waals surface area (Å²) in [6, 6.07) is 8.03. The molecule has 19 heavy (non-hydrogen) atoms. The minimum atomic E-state index is 0.141. The van der Waals surface area contributed by atoms with E-state index < -0.39 is 0 Å². The van der Waals surface area contributed by atoms with Crippen LogP contribution in [-0.2, 0) is 0 Å². The minimum Gasteiger partial charge on any atom is -0.384 e. The van der Waals surface area contributed by atoms with Gasteiger partial charge in [0.1, 0.15) is 5.84 Å². The number of nitrogens with zero attached hydrogens (tertiary/aromatic N) is 1. The highest BCUT2D eigenvalue weighted by molar-refractivity contribution is 5.95. The molecule has 2 bridgehead atoms. The van der Waals surface area contributed by atoms with Gasteiger partial charge in [-0.2, -0.15) is 0 Å². The Labute approximate surface area is 115 Å². The fraction of sp³-hybridized carbons (Fsp3) is 0.562. The SMILES string of the molecule is CN(CC1CC2CCC1C2)c1ccc(C(=N)N)cc1. The van der Waals surface area contributed by atoms with Gasteiger partial charge in [-0.1, -0.05) is 6.42 Å². The number of hydrogen-bond donors (Lipinski definition) is 2. The third kappa shape index (κ3) is 2.46. The van der Waals surface area contributed by atoms with Crippen LogP contribution < -0.4 is 10.6 Å². The third-order valence-corrected chi connectivity index (χ3v) is 5.01. The van der Waals surface area contributed by atoms with Gasteiger partial charge < -0.3 is 10.6 Å². The molecular weight excluding hydrogens is 234 g/mol. The summed E-state index contributed by atoms with van der Waals surface area (Å²) >= 11 is 0. The van der Waals surface area contributed by atoms with Crippen molar-refractivity contribution in [1.29, 1.82) is 5.41 Å². The molecule has 3 unspecified atom stereocenters. The molecule has 0 spiro atoms. The maximum atomic E-state index is 7.41. The van der Waals surface area contributed by atoms with Crippen LogP contribution in [0.2, 0.25) is 0 Å². The monoisotopic (exact) mass is 257 g/mol. The number of nitrogen functional groups attached to an aromatic ring is 1. The summed E-state index contributed by atoms with van der Waals surface area (Å²) in [7, 11) is 2.18. The van der Waals surface area contributed by atoms with Gasteiger partial charge in [-0.3, -0.25) is 5.41 Å². The largest absolute Gasteiger partial charge is 0.384 e. The van der Waals surface area contributed by atoms with E-state index in [1.807, 2.05) is 12.1 Å². The topological polar surface area (TPSA) is 53.1 Å². The van der Waals surface area contributed by atoms with Gasteiger partial charge in [0.25, 0.3) is 0 Å². The van der Waals surface area contributed by atoms with E-state index >= 15 is 0 Å². The van der Waals surface area contributed by atoms with Gasteiger partial charge in [-0.05, 0) is 61.3 Å². The molecule has 3 nitrogen and oxygen atoms in total. The molecule has 3 atom stereocenters. The standard InChI is InChI=1S/C16H23N3/c1-19(10-14-9-11-2-3-13(14)8-11)15-6-4-12(5-7-15)16(17)18/h4-7,11,13-14H,2-3,8-10H2,1H3,(H3,17,18). The first kappa shape index (κ1) is 12.5. The quantitative estimate of drug-likeness (QED) is 0.643. The van der Waals surface area contributed by atoms with E-state index in [4.69, 9.17) is 11.1 Å². The summed E-state index contributed by atoms with van der Waals surface area (Å²) in [4.78, 5) is 2.36. The maximum absolute atomic E-state index is 7.41. The average Bonchev–Trinajstić information content (AvgIpc) is 3.01. The molecule has 0 saturated heterocycles. The number of anilines is 1. The van der Waals surface area contributed by atoms with E-state index in [1.165, 1.54) is 37.9 Å². The van der Waals surface area contributed by atoms with Crippen molar-refractivity contribution in [3.63, 3.8) is 0 Å². The molecule has 0 heterocycles. The molecule has 0 aliphatic heterocycles.